The van der Waals surface area contributed by atoms with Crippen LogP contribution in [0.2, 0.25) is 0 Å². The zero-order valence-electron chi connectivity index (χ0n) is 15.3. The van der Waals surface area contributed by atoms with Crippen LogP contribution in [-0.2, 0) is 0 Å². The molecule has 0 N–H and O–H groups in total. The number of fused-ring (bicyclic) bond motifs is 1. The SMILES string of the molecule is O=C(c1ccccc1OC(F)(F)F)N1CCSC(c2ccc3c(c2)OCO3)CC1. The molecule has 0 radical (unpaired) electrons. The number of halogens is 3. The van der Waals surface area contributed by atoms with Gasteiger partial charge in [0.25, 0.3) is 5.91 Å². The lowest BCUT2D eigenvalue weighted by Gasteiger charge is -2.22. The van der Waals surface area contributed by atoms with Gasteiger partial charge in [0.2, 0.25) is 6.79 Å². The maximum atomic E-state index is 12.9. The average Bonchev–Trinajstić information content (AvgIpc) is 3.01. The molecule has 29 heavy (non-hydrogen) atoms. The van der Waals surface area contributed by atoms with Gasteiger partial charge >= 0.3 is 6.36 Å². The Bertz CT molecular complexity index is 906. The molecule has 0 aliphatic carbocycles. The molecular formula is C20H18F3NO4S. The van der Waals surface area contributed by atoms with Crippen molar-refractivity contribution in [2.75, 3.05) is 25.6 Å². The predicted molar refractivity (Wildman–Crippen MR) is 101 cm³/mol. The zero-order chi connectivity index (χ0) is 20.4. The summed E-state index contributed by atoms with van der Waals surface area (Å²) in [7, 11) is 0. The number of carbonyl (C=O) groups is 1. The molecule has 0 aromatic heterocycles. The van der Waals surface area contributed by atoms with E-state index in [0.29, 0.717) is 36.8 Å². The van der Waals surface area contributed by atoms with Crippen LogP contribution in [0, 0.1) is 0 Å². The van der Waals surface area contributed by atoms with E-state index in [9.17, 15) is 18.0 Å². The van der Waals surface area contributed by atoms with Crippen molar-refractivity contribution in [3.63, 3.8) is 0 Å². The smallest absolute Gasteiger partial charge is 0.454 e. The first-order valence-corrected chi connectivity index (χ1v) is 10.1. The lowest BCUT2D eigenvalue weighted by atomic mass is 10.1. The summed E-state index contributed by atoms with van der Waals surface area (Å²) in [4.78, 5) is 14.5. The topological polar surface area (TPSA) is 48.0 Å². The van der Waals surface area contributed by atoms with E-state index in [1.807, 2.05) is 18.2 Å². The molecule has 1 fully saturated rings. The van der Waals surface area contributed by atoms with Gasteiger partial charge < -0.3 is 19.1 Å². The Labute approximate surface area is 169 Å². The summed E-state index contributed by atoms with van der Waals surface area (Å²) in [6.07, 6.45) is -4.17. The van der Waals surface area contributed by atoms with Crippen molar-refractivity contribution in [3.05, 3.63) is 53.6 Å². The number of nitrogens with zero attached hydrogens (tertiary/aromatic N) is 1. The van der Waals surface area contributed by atoms with Gasteiger partial charge in [0, 0.05) is 24.1 Å². The number of rotatable bonds is 3. The highest BCUT2D eigenvalue weighted by atomic mass is 32.2. The largest absolute Gasteiger partial charge is 0.573 e. The molecule has 2 aliphatic rings. The third-order valence-corrected chi connectivity index (χ3v) is 6.07. The van der Waals surface area contributed by atoms with Crippen molar-refractivity contribution in [2.24, 2.45) is 0 Å². The van der Waals surface area contributed by atoms with E-state index in [4.69, 9.17) is 9.47 Å². The number of thioether (sulfide) groups is 1. The second-order valence-electron chi connectivity index (χ2n) is 6.60. The number of carbonyl (C=O) groups excluding carboxylic acids is 1. The first-order valence-electron chi connectivity index (χ1n) is 9.06. The Kier molecular flexibility index (Phi) is 5.49. The van der Waals surface area contributed by atoms with Crippen molar-refractivity contribution in [3.8, 4) is 17.2 Å². The van der Waals surface area contributed by atoms with E-state index in [2.05, 4.69) is 4.74 Å². The van der Waals surface area contributed by atoms with Gasteiger partial charge in [-0.1, -0.05) is 18.2 Å². The van der Waals surface area contributed by atoms with Crippen LogP contribution in [0.4, 0.5) is 13.2 Å². The van der Waals surface area contributed by atoms with E-state index >= 15 is 0 Å². The van der Waals surface area contributed by atoms with Crippen LogP contribution >= 0.6 is 11.8 Å². The van der Waals surface area contributed by atoms with Crippen LogP contribution in [0.1, 0.15) is 27.6 Å². The fourth-order valence-corrected chi connectivity index (χ4v) is 4.60. The molecule has 1 amide bonds. The molecule has 5 nitrogen and oxygen atoms in total. The summed E-state index contributed by atoms with van der Waals surface area (Å²) >= 11 is 1.71. The van der Waals surface area contributed by atoms with Crippen molar-refractivity contribution in [1.29, 1.82) is 0 Å². The minimum absolute atomic E-state index is 0.0867. The summed E-state index contributed by atoms with van der Waals surface area (Å²) < 4.78 is 52.8. The second kappa shape index (κ2) is 8.06. The highest BCUT2D eigenvalue weighted by Crippen LogP contribution is 2.40. The molecule has 0 saturated carbocycles. The van der Waals surface area contributed by atoms with Gasteiger partial charge in [-0.3, -0.25) is 4.79 Å². The first kappa shape index (κ1) is 19.8. The van der Waals surface area contributed by atoms with E-state index in [1.54, 1.807) is 16.7 Å². The van der Waals surface area contributed by atoms with E-state index in [0.717, 1.165) is 11.6 Å². The normalized spacial score (nSPS) is 19.0. The third kappa shape index (κ3) is 4.55. The maximum Gasteiger partial charge on any atom is 0.573 e. The Balaban J connectivity index is 1.47. The van der Waals surface area contributed by atoms with Gasteiger partial charge in [0.15, 0.2) is 11.5 Å². The Morgan fingerprint density at radius 2 is 1.90 bits per heavy atom. The number of alkyl halides is 3. The van der Waals surface area contributed by atoms with E-state index in [-0.39, 0.29) is 17.6 Å². The van der Waals surface area contributed by atoms with Crippen molar-refractivity contribution in [1.82, 2.24) is 4.90 Å². The van der Waals surface area contributed by atoms with Crippen LogP contribution in [0.25, 0.3) is 0 Å². The highest BCUT2D eigenvalue weighted by Gasteiger charge is 2.34. The molecule has 1 atom stereocenters. The van der Waals surface area contributed by atoms with Gasteiger partial charge in [-0.25, -0.2) is 0 Å². The van der Waals surface area contributed by atoms with Gasteiger partial charge in [-0.05, 0) is 36.2 Å². The number of para-hydroxylation sites is 1. The van der Waals surface area contributed by atoms with Crippen molar-refractivity contribution in [2.45, 2.75) is 18.0 Å². The Morgan fingerprint density at radius 1 is 1.10 bits per heavy atom. The molecule has 9 heteroatoms. The number of hydrogen-bond donors (Lipinski definition) is 0. The molecule has 2 aromatic carbocycles. The van der Waals surface area contributed by atoms with Crippen LogP contribution < -0.4 is 14.2 Å². The minimum Gasteiger partial charge on any atom is -0.454 e. The van der Waals surface area contributed by atoms with Crippen LogP contribution in [0.5, 0.6) is 17.2 Å². The molecule has 1 saturated heterocycles. The van der Waals surface area contributed by atoms with Crippen LogP contribution in [-0.4, -0.2) is 42.8 Å². The molecule has 4 rings (SSSR count). The van der Waals surface area contributed by atoms with E-state index < -0.39 is 18.0 Å². The number of ether oxygens (including phenoxy) is 3. The average molecular weight is 425 g/mol. The number of benzene rings is 2. The van der Waals surface area contributed by atoms with Crippen molar-refractivity contribution < 1.29 is 32.2 Å². The third-order valence-electron chi connectivity index (χ3n) is 4.74. The fourth-order valence-electron chi connectivity index (χ4n) is 3.38. The van der Waals surface area contributed by atoms with Gasteiger partial charge in [-0.2, -0.15) is 11.8 Å². The highest BCUT2D eigenvalue weighted by molar-refractivity contribution is 7.99. The summed E-state index contributed by atoms with van der Waals surface area (Å²) in [6, 6.07) is 11.2. The van der Waals surface area contributed by atoms with Crippen molar-refractivity contribution >= 4 is 17.7 Å². The quantitative estimate of drug-likeness (QED) is 0.718. The summed E-state index contributed by atoms with van der Waals surface area (Å²) in [5.41, 5.74) is 0.991. The fraction of sp³-hybridized carbons (Fsp3) is 0.350. The van der Waals surface area contributed by atoms with E-state index in [1.165, 1.54) is 18.2 Å². The summed E-state index contributed by atoms with van der Waals surface area (Å²) in [6.45, 7) is 1.09. The lowest BCUT2D eigenvalue weighted by molar-refractivity contribution is -0.274. The Morgan fingerprint density at radius 3 is 2.72 bits per heavy atom. The summed E-state index contributed by atoms with van der Waals surface area (Å²) in [5, 5.41) is 0.156. The molecular weight excluding hydrogens is 407 g/mol. The van der Waals surface area contributed by atoms with Crippen LogP contribution in [0.3, 0.4) is 0 Å². The summed E-state index contributed by atoms with van der Waals surface area (Å²) in [5.74, 6) is 1.16. The monoisotopic (exact) mass is 425 g/mol. The van der Waals surface area contributed by atoms with Gasteiger partial charge in [-0.15, -0.1) is 13.2 Å². The zero-order valence-corrected chi connectivity index (χ0v) is 16.1. The molecule has 1 unspecified atom stereocenters. The molecule has 2 aliphatic heterocycles. The van der Waals surface area contributed by atoms with Gasteiger partial charge in [0.05, 0.1) is 5.56 Å². The standard InChI is InChI=1S/C20H18F3NO4S/c21-20(22,23)28-15-4-2-1-3-14(15)19(25)24-8-7-18(29-10-9-24)13-5-6-16-17(11-13)27-12-26-16/h1-6,11,18H,7-10,12H2. The number of hydrogen-bond acceptors (Lipinski definition) is 5. The predicted octanol–water partition coefficient (Wildman–Crippen LogP) is 4.63. The lowest BCUT2D eigenvalue weighted by Crippen LogP contribution is -2.33. The number of amides is 1. The second-order valence-corrected chi connectivity index (χ2v) is 7.91. The molecule has 2 aromatic rings. The molecule has 0 spiro atoms. The Hall–Kier alpha value is -2.55. The first-order chi connectivity index (χ1) is 13.9. The minimum atomic E-state index is -4.85. The maximum absolute atomic E-state index is 12.9. The molecule has 154 valence electrons. The van der Waals surface area contributed by atoms with Crippen LogP contribution in [0.15, 0.2) is 42.5 Å². The molecule has 0 bridgehead atoms. The van der Waals surface area contributed by atoms with Gasteiger partial charge in [0.1, 0.15) is 5.75 Å². The molecule has 2 heterocycles.